The van der Waals surface area contributed by atoms with E-state index in [1.165, 1.54) is 0 Å². The van der Waals surface area contributed by atoms with Gasteiger partial charge >= 0.3 is 5.97 Å². The van der Waals surface area contributed by atoms with Gasteiger partial charge in [-0.2, -0.15) is 4.98 Å². The minimum Gasteiger partial charge on any atom is -0.452 e. The summed E-state index contributed by atoms with van der Waals surface area (Å²) in [6, 6.07) is 11.2. The maximum atomic E-state index is 12.6. The number of hydrogen-bond donors (Lipinski definition) is 0. The van der Waals surface area contributed by atoms with Crippen LogP contribution in [0.1, 0.15) is 30.9 Å². The molecule has 29 heavy (non-hydrogen) atoms. The number of amides is 1. The molecule has 0 N–H and O–H groups in total. The Labute approximate surface area is 167 Å². The van der Waals surface area contributed by atoms with Gasteiger partial charge in [-0.05, 0) is 38.1 Å². The van der Waals surface area contributed by atoms with Gasteiger partial charge < -0.3 is 14.2 Å². The van der Waals surface area contributed by atoms with Crippen molar-refractivity contribution < 1.29 is 18.8 Å². The molecule has 8 heteroatoms. The van der Waals surface area contributed by atoms with E-state index in [1.54, 1.807) is 30.3 Å². The van der Waals surface area contributed by atoms with Gasteiger partial charge in [0.05, 0.1) is 5.92 Å². The van der Waals surface area contributed by atoms with E-state index >= 15 is 0 Å². The van der Waals surface area contributed by atoms with Crippen LogP contribution in [0, 0.1) is 12.8 Å². The minimum absolute atomic E-state index is 0.0971. The molecule has 2 atom stereocenters. The van der Waals surface area contributed by atoms with Crippen LogP contribution in [0.5, 0.6) is 0 Å². The molecule has 0 aliphatic carbocycles. The zero-order valence-electron chi connectivity index (χ0n) is 16.1. The van der Waals surface area contributed by atoms with E-state index in [2.05, 4.69) is 15.1 Å². The van der Waals surface area contributed by atoms with Gasteiger partial charge in [0.2, 0.25) is 11.7 Å². The predicted molar refractivity (Wildman–Crippen MR) is 104 cm³/mol. The standard InChI is InChI=1S/C21H20N4O4/c1-13-5-7-17(8-6-13)25-12-16(10-18(25)26)21(27)28-14(2)20-23-19(24-29-20)15-4-3-9-22-11-15/h3-9,11,14,16H,10,12H2,1-2H3/t14-,16+/m1/s1. The average molecular weight is 392 g/mol. The molecule has 1 aromatic carbocycles. The van der Waals surface area contributed by atoms with Crippen molar-refractivity contribution >= 4 is 17.6 Å². The van der Waals surface area contributed by atoms with Gasteiger partial charge in [0.25, 0.3) is 5.89 Å². The molecule has 1 saturated heterocycles. The molecule has 0 saturated carbocycles. The van der Waals surface area contributed by atoms with Crippen LogP contribution in [0.25, 0.3) is 11.4 Å². The van der Waals surface area contributed by atoms with Crippen LogP contribution >= 0.6 is 0 Å². The quantitative estimate of drug-likeness (QED) is 0.615. The van der Waals surface area contributed by atoms with Crippen molar-refractivity contribution in [2.24, 2.45) is 5.92 Å². The fourth-order valence-corrected chi connectivity index (χ4v) is 3.17. The molecule has 0 unspecified atom stereocenters. The maximum absolute atomic E-state index is 12.6. The highest BCUT2D eigenvalue weighted by atomic mass is 16.6. The summed E-state index contributed by atoms with van der Waals surface area (Å²) in [6.07, 6.45) is 2.67. The first-order valence-electron chi connectivity index (χ1n) is 9.33. The van der Waals surface area contributed by atoms with E-state index in [4.69, 9.17) is 9.26 Å². The smallest absolute Gasteiger partial charge is 0.312 e. The Bertz CT molecular complexity index is 1020. The SMILES string of the molecule is Cc1ccc(N2C[C@@H](C(=O)O[C@H](C)c3nc(-c4cccnc4)no3)CC2=O)cc1. The average Bonchev–Trinajstić information content (AvgIpc) is 3.37. The molecule has 1 aliphatic heterocycles. The van der Waals surface area contributed by atoms with Crippen molar-refractivity contribution in [2.45, 2.75) is 26.4 Å². The molecule has 1 amide bonds. The summed E-state index contributed by atoms with van der Waals surface area (Å²) in [4.78, 5) is 34.8. The monoisotopic (exact) mass is 392 g/mol. The van der Waals surface area contributed by atoms with Gasteiger partial charge in [-0.1, -0.05) is 22.9 Å². The lowest BCUT2D eigenvalue weighted by molar-refractivity contribution is -0.154. The lowest BCUT2D eigenvalue weighted by Crippen LogP contribution is -2.26. The van der Waals surface area contributed by atoms with Crippen LogP contribution in [0.4, 0.5) is 5.69 Å². The van der Waals surface area contributed by atoms with E-state index in [-0.39, 0.29) is 24.8 Å². The first-order chi connectivity index (χ1) is 14.0. The normalized spacial score (nSPS) is 17.4. The van der Waals surface area contributed by atoms with Crippen LogP contribution in [0.2, 0.25) is 0 Å². The second-order valence-electron chi connectivity index (χ2n) is 7.02. The molecule has 3 heterocycles. The highest BCUT2D eigenvalue weighted by molar-refractivity contribution is 5.99. The van der Waals surface area contributed by atoms with Crippen LogP contribution in [-0.4, -0.2) is 33.5 Å². The molecule has 1 fully saturated rings. The molecule has 1 aliphatic rings. The van der Waals surface area contributed by atoms with Gasteiger partial charge in [-0.3, -0.25) is 14.6 Å². The number of anilines is 1. The van der Waals surface area contributed by atoms with Gasteiger partial charge in [-0.15, -0.1) is 0 Å². The Hall–Kier alpha value is -3.55. The Morgan fingerprint density at radius 2 is 2.07 bits per heavy atom. The number of ether oxygens (including phenoxy) is 1. The highest BCUT2D eigenvalue weighted by Crippen LogP contribution is 2.28. The number of aromatic nitrogens is 3. The first-order valence-corrected chi connectivity index (χ1v) is 9.33. The summed E-state index contributed by atoms with van der Waals surface area (Å²) in [5.41, 5.74) is 2.59. The summed E-state index contributed by atoms with van der Waals surface area (Å²) in [6.45, 7) is 3.93. The summed E-state index contributed by atoms with van der Waals surface area (Å²) < 4.78 is 10.7. The molecule has 4 rings (SSSR count). The maximum Gasteiger partial charge on any atom is 0.312 e. The van der Waals surface area contributed by atoms with Crippen molar-refractivity contribution in [2.75, 3.05) is 11.4 Å². The zero-order chi connectivity index (χ0) is 20.4. The Morgan fingerprint density at radius 3 is 2.79 bits per heavy atom. The molecule has 148 valence electrons. The Balaban J connectivity index is 1.40. The number of benzene rings is 1. The third kappa shape index (κ3) is 4.01. The van der Waals surface area contributed by atoms with Crippen molar-refractivity contribution in [3.8, 4) is 11.4 Å². The van der Waals surface area contributed by atoms with Gasteiger partial charge in [0.1, 0.15) is 0 Å². The van der Waals surface area contributed by atoms with Crippen LogP contribution < -0.4 is 4.90 Å². The number of pyridine rings is 1. The number of carbonyl (C=O) groups is 2. The van der Waals surface area contributed by atoms with Crippen LogP contribution in [0.3, 0.4) is 0 Å². The van der Waals surface area contributed by atoms with Gasteiger partial charge in [-0.25, -0.2) is 0 Å². The molecular formula is C21H20N4O4. The minimum atomic E-state index is -0.719. The predicted octanol–water partition coefficient (Wildman–Crippen LogP) is 3.10. The molecule has 2 aromatic heterocycles. The Kier molecular flexibility index (Phi) is 5.07. The summed E-state index contributed by atoms with van der Waals surface area (Å²) in [5.74, 6) is -0.525. The van der Waals surface area contributed by atoms with E-state index in [9.17, 15) is 9.59 Å². The molecular weight excluding hydrogens is 372 g/mol. The Morgan fingerprint density at radius 1 is 1.28 bits per heavy atom. The largest absolute Gasteiger partial charge is 0.452 e. The molecule has 0 bridgehead atoms. The number of rotatable bonds is 5. The summed E-state index contributed by atoms with van der Waals surface area (Å²) in [7, 11) is 0. The van der Waals surface area contributed by atoms with Gasteiger partial charge in [0.15, 0.2) is 6.10 Å². The number of aryl methyl sites for hydroxylation is 1. The molecule has 8 nitrogen and oxygen atoms in total. The number of esters is 1. The number of nitrogens with zero attached hydrogens (tertiary/aromatic N) is 4. The number of carbonyl (C=O) groups excluding carboxylic acids is 2. The lowest BCUT2D eigenvalue weighted by Gasteiger charge is -2.17. The van der Waals surface area contributed by atoms with E-state index in [1.807, 2.05) is 37.3 Å². The van der Waals surface area contributed by atoms with Gasteiger partial charge in [0, 0.05) is 36.6 Å². The van der Waals surface area contributed by atoms with Crippen molar-refractivity contribution in [1.29, 1.82) is 0 Å². The van der Waals surface area contributed by atoms with Crippen LogP contribution in [0.15, 0.2) is 53.3 Å². The number of hydrogen-bond acceptors (Lipinski definition) is 7. The third-order valence-corrected chi connectivity index (χ3v) is 4.81. The molecule has 0 spiro atoms. The van der Waals surface area contributed by atoms with Crippen molar-refractivity contribution in [3.05, 3.63) is 60.2 Å². The van der Waals surface area contributed by atoms with E-state index in [0.29, 0.717) is 11.4 Å². The zero-order valence-corrected chi connectivity index (χ0v) is 16.1. The first kappa shape index (κ1) is 18.8. The fourth-order valence-electron chi connectivity index (χ4n) is 3.17. The molecule has 0 radical (unpaired) electrons. The summed E-state index contributed by atoms with van der Waals surface area (Å²) >= 11 is 0. The van der Waals surface area contributed by atoms with Crippen LogP contribution in [-0.2, 0) is 14.3 Å². The lowest BCUT2D eigenvalue weighted by atomic mass is 10.1. The molecule has 3 aromatic rings. The highest BCUT2D eigenvalue weighted by Gasteiger charge is 2.37. The second kappa shape index (κ2) is 7.83. The third-order valence-electron chi connectivity index (χ3n) is 4.81. The summed E-state index contributed by atoms with van der Waals surface area (Å²) in [5, 5.41) is 3.90. The van der Waals surface area contributed by atoms with Crippen molar-refractivity contribution in [1.82, 2.24) is 15.1 Å². The van der Waals surface area contributed by atoms with Crippen molar-refractivity contribution in [3.63, 3.8) is 0 Å². The fraction of sp³-hybridized carbons (Fsp3) is 0.286. The topological polar surface area (TPSA) is 98.4 Å². The van der Waals surface area contributed by atoms with E-state index in [0.717, 1.165) is 11.3 Å². The van der Waals surface area contributed by atoms with E-state index < -0.39 is 18.0 Å². The second-order valence-corrected chi connectivity index (χ2v) is 7.02.